The first-order chi connectivity index (χ1) is 5.85. The van der Waals surface area contributed by atoms with Gasteiger partial charge in [-0.25, -0.2) is 4.79 Å². The van der Waals surface area contributed by atoms with E-state index in [0.717, 1.165) is 0 Å². The number of thiol groups is 1. The summed E-state index contributed by atoms with van der Waals surface area (Å²) in [6.07, 6.45) is -0.621. The highest BCUT2D eigenvalue weighted by atomic mass is 32.1. The molecule has 0 atom stereocenters. The molecule has 0 fully saturated rings. The van der Waals surface area contributed by atoms with Gasteiger partial charge in [0.25, 0.3) is 0 Å². The second-order valence-electron chi connectivity index (χ2n) is 3.39. The van der Waals surface area contributed by atoms with Crippen LogP contribution in [-0.4, -0.2) is 24.1 Å². The Balaban J connectivity index is 3.71. The lowest BCUT2D eigenvalue weighted by atomic mass is 10.2. The van der Waals surface area contributed by atoms with E-state index in [0.29, 0.717) is 0 Å². The normalized spacial score (nSPS) is 10.5. The van der Waals surface area contributed by atoms with Gasteiger partial charge in [0.05, 0.1) is 0 Å². The van der Waals surface area contributed by atoms with Gasteiger partial charge in [0.1, 0.15) is 12.1 Å². The van der Waals surface area contributed by atoms with E-state index in [9.17, 15) is 9.59 Å². The van der Waals surface area contributed by atoms with Crippen LogP contribution in [0.5, 0.6) is 0 Å². The van der Waals surface area contributed by atoms with Crippen LogP contribution in [0, 0.1) is 0 Å². The SMILES string of the molecule is CC(C)(C)OC(=O)NCC(=O)NS. The summed E-state index contributed by atoms with van der Waals surface area (Å²) in [5.41, 5.74) is -0.554. The van der Waals surface area contributed by atoms with Gasteiger partial charge in [-0.15, -0.1) is 0 Å². The van der Waals surface area contributed by atoms with Crippen LogP contribution in [0.15, 0.2) is 0 Å². The van der Waals surface area contributed by atoms with E-state index in [2.05, 4.69) is 22.9 Å². The molecule has 0 saturated carbocycles. The third-order valence-electron chi connectivity index (χ3n) is 0.917. The van der Waals surface area contributed by atoms with Gasteiger partial charge in [-0.2, -0.15) is 0 Å². The van der Waals surface area contributed by atoms with Crippen LogP contribution < -0.4 is 10.0 Å². The molecule has 5 nitrogen and oxygen atoms in total. The highest BCUT2D eigenvalue weighted by molar-refractivity contribution is 7.78. The second kappa shape index (κ2) is 4.96. The number of hydrogen-bond donors (Lipinski definition) is 3. The third kappa shape index (κ3) is 7.45. The van der Waals surface area contributed by atoms with Crippen LogP contribution in [0.2, 0.25) is 0 Å². The standard InChI is InChI=1S/C7H14N2O3S/c1-7(2,3)12-6(11)8-4-5(10)9-13/h13H,4H2,1-3H3,(H,8,11)(H,9,10). The molecular formula is C7H14N2O3S. The van der Waals surface area contributed by atoms with Crippen molar-refractivity contribution < 1.29 is 14.3 Å². The molecule has 2 N–H and O–H groups in total. The summed E-state index contributed by atoms with van der Waals surface area (Å²) in [5.74, 6) is -0.394. The van der Waals surface area contributed by atoms with Crippen molar-refractivity contribution in [2.75, 3.05) is 6.54 Å². The zero-order valence-electron chi connectivity index (χ0n) is 7.88. The van der Waals surface area contributed by atoms with Gasteiger partial charge in [-0.3, -0.25) is 4.79 Å². The van der Waals surface area contributed by atoms with Gasteiger partial charge >= 0.3 is 6.09 Å². The predicted molar refractivity (Wildman–Crippen MR) is 51.4 cm³/mol. The molecule has 0 heterocycles. The minimum absolute atomic E-state index is 0.140. The molecule has 13 heavy (non-hydrogen) atoms. The number of ether oxygens (including phenoxy) is 1. The van der Waals surface area contributed by atoms with E-state index in [1.54, 1.807) is 20.8 Å². The summed E-state index contributed by atoms with van der Waals surface area (Å²) in [7, 11) is 0. The van der Waals surface area contributed by atoms with Gasteiger partial charge < -0.3 is 14.8 Å². The van der Waals surface area contributed by atoms with E-state index >= 15 is 0 Å². The maximum absolute atomic E-state index is 10.9. The Hall–Kier alpha value is -0.910. The van der Waals surface area contributed by atoms with Gasteiger partial charge in [0, 0.05) is 0 Å². The number of rotatable bonds is 2. The van der Waals surface area contributed by atoms with E-state index in [4.69, 9.17) is 4.74 Å². The van der Waals surface area contributed by atoms with E-state index in [1.165, 1.54) is 0 Å². The Morgan fingerprint density at radius 1 is 1.38 bits per heavy atom. The van der Waals surface area contributed by atoms with Crippen molar-refractivity contribution in [3.05, 3.63) is 0 Å². The predicted octanol–water partition coefficient (Wildman–Crippen LogP) is 0.472. The molecule has 0 saturated heterocycles. The third-order valence-corrected chi connectivity index (χ3v) is 1.17. The minimum atomic E-state index is -0.621. The fraction of sp³-hybridized carbons (Fsp3) is 0.714. The summed E-state index contributed by atoms with van der Waals surface area (Å²) in [6.45, 7) is 5.08. The van der Waals surface area contributed by atoms with Gasteiger partial charge in [0.15, 0.2) is 0 Å². The molecule has 0 aliphatic rings. The Morgan fingerprint density at radius 2 is 1.92 bits per heavy atom. The molecule has 0 radical (unpaired) electrons. The van der Waals surface area contributed by atoms with Gasteiger partial charge in [-0.05, 0) is 20.8 Å². The van der Waals surface area contributed by atoms with E-state index < -0.39 is 17.6 Å². The Labute approximate surface area is 82.8 Å². The number of alkyl carbamates (subject to hydrolysis) is 1. The fourth-order valence-corrected chi connectivity index (χ4v) is 0.585. The van der Waals surface area contributed by atoms with Gasteiger partial charge in [0.2, 0.25) is 5.91 Å². The summed E-state index contributed by atoms with van der Waals surface area (Å²) in [5, 5.41) is 2.27. The number of nitrogens with one attached hydrogen (secondary N) is 2. The Kier molecular flexibility index (Phi) is 4.61. The average molecular weight is 206 g/mol. The maximum atomic E-state index is 10.9. The summed E-state index contributed by atoms with van der Waals surface area (Å²) in [6, 6.07) is 0. The summed E-state index contributed by atoms with van der Waals surface area (Å²) < 4.78 is 6.95. The van der Waals surface area contributed by atoms with Crippen LogP contribution in [0.25, 0.3) is 0 Å². The van der Waals surface area contributed by atoms with Crippen LogP contribution >= 0.6 is 12.8 Å². The summed E-state index contributed by atoms with van der Waals surface area (Å²) >= 11 is 3.51. The van der Waals surface area contributed by atoms with E-state index in [-0.39, 0.29) is 6.54 Å². The molecule has 0 aliphatic heterocycles. The lowest BCUT2D eigenvalue weighted by Crippen LogP contribution is -2.37. The van der Waals surface area contributed by atoms with Crippen molar-refractivity contribution in [2.24, 2.45) is 0 Å². The molecule has 0 aromatic carbocycles. The van der Waals surface area contributed by atoms with Crippen molar-refractivity contribution >= 4 is 24.8 Å². The van der Waals surface area contributed by atoms with Crippen LogP contribution in [0.3, 0.4) is 0 Å². The molecule has 0 aliphatic carbocycles. The first-order valence-corrected chi connectivity index (χ1v) is 4.19. The first-order valence-electron chi connectivity index (χ1n) is 3.75. The molecule has 0 aromatic heterocycles. The number of amides is 2. The highest BCUT2D eigenvalue weighted by Crippen LogP contribution is 2.05. The lowest BCUT2D eigenvalue weighted by molar-refractivity contribution is -0.118. The number of carbonyl (C=O) groups is 2. The molecule has 6 heteroatoms. The number of hydrogen-bond acceptors (Lipinski definition) is 4. The minimum Gasteiger partial charge on any atom is -0.444 e. The van der Waals surface area contributed by atoms with Crippen molar-refractivity contribution in [3.8, 4) is 0 Å². The van der Waals surface area contributed by atoms with Gasteiger partial charge in [-0.1, -0.05) is 12.8 Å². The Morgan fingerprint density at radius 3 is 2.31 bits per heavy atom. The monoisotopic (exact) mass is 206 g/mol. The van der Waals surface area contributed by atoms with E-state index in [1.807, 2.05) is 0 Å². The Bertz CT molecular complexity index is 200. The zero-order valence-corrected chi connectivity index (χ0v) is 8.77. The zero-order chi connectivity index (χ0) is 10.5. The average Bonchev–Trinajstić information content (AvgIpc) is 1.97. The largest absolute Gasteiger partial charge is 0.444 e. The van der Waals surface area contributed by atoms with Crippen molar-refractivity contribution in [3.63, 3.8) is 0 Å². The highest BCUT2D eigenvalue weighted by Gasteiger charge is 2.16. The van der Waals surface area contributed by atoms with Crippen molar-refractivity contribution in [1.82, 2.24) is 10.0 Å². The maximum Gasteiger partial charge on any atom is 0.408 e. The molecule has 0 bridgehead atoms. The van der Waals surface area contributed by atoms with Crippen LogP contribution in [0.1, 0.15) is 20.8 Å². The molecule has 0 unspecified atom stereocenters. The molecule has 0 aromatic rings. The molecule has 0 rings (SSSR count). The second-order valence-corrected chi connectivity index (χ2v) is 3.61. The molecule has 2 amide bonds. The quantitative estimate of drug-likeness (QED) is 0.575. The lowest BCUT2D eigenvalue weighted by Gasteiger charge is -2.19. The fourth-order valence-electron chi connectivity index (χ4n) is 0.506. The first kappa shape index (κ1) is 12.1. The van der Waals surface area contributed by atoms with Crippen molar-refractivity contribution in [2.45, 2.75) is 26.4 Å². The van der Waals surface area contributed by atoms with Crippen LogP contribution in [0.4, 0.5) is 4.79 Å². The number of carbonyl (C=O) groups excluding carboxylic acids is 2. The van der Waals surface area contributed by atoms with Crippen molar-refractivity contribution in [1.29, 1.82) is 0 Å². The molecule has 0 spiro atoms. The summed E-state index contributed by atoms with van der Waals surface area (Å²) in [4.78, 5) is 21.6. The topological polar surface area (TPSA) is 67.4 Å². The molecular weight excluding hydrogens is 192 g/mol. The smallest absolute Gasteiger partial charge is 0.408 e. The molecule has 76 valence electrons. The van der Waals surface area contributed by atoms with Crippen LogP contribution in [-0.2, 0) is 9.53 Å².